The molecule has 1 aliphatic rings. The zero-order valence-electron chi connectivity index (χ0n) is 8.61. The van der Waals surface area contributed by atoms with Crippen LogP contribution in [0.2, 0.25) is 5.02 Å². The minimum Gasteiger partial charge on any atom is -0.326 e. The average Bonchev–Trinajstić information content (AvgIpc) is 2.98. The van der Waals surface area contributed by atoms with E-state index in [2.05, 4.69) is 5.32 Å². The number of benzene rings is 1. The Bertz CT molecular complexity index is 567. The van der Waals surface area contributed by atoms with Crippen LogP contribution in [0.25, 0.3) is 0 Å². The Hall–Kier alpha value is -0.780. The predicted octanol–water partition coefficient (Wildman–Crippen LogP) is 2.62. The van der Waals surface area contributed by atoms with Crippen LogP contribution < -0.4 is 5.32 Å². The second kappa shape index (κ2) is 4.48. The molecule has 0 radical (unpaired) electrons. The molecule has 1 aromatic rings. The number of halogens is 2. The number of carbonyl (C=O) groups is 1. The zero-order chi connectivity index (χ0) is 12.6. The van der Waals surface area contributed by atoms with Gasteiger partial charge in [-0.1, -0.05) is 11.6 Å². The summed E-state index contributed by atoms with van der Waals surface area (Å²) in [5, 5.41) is 2.66. The molecule has 1 N–H and O–H groups in total. The fourth-order valence-electron chi connectivity index (χ4n) is 1.37. The molecule has 2 rings (SSSR count). The molecule has 0 heterocycles. The number of carbonyl (C=O) groups excluding carboxylic acids is 1. The Morgan fingerprint density at radius 3 is 2.47 bits per heavy atom. The molecule has 92 valence electrons. The van der Waals surface area contributed by atoms with E-state index in [0.717, 1.165) is 12.8 Å². The largest absolute Gasteiger partial charge is 0.326 e. The van der Waals surface area contributed by atoms with Crippen LogP contribution in [0.15, 0.2) is 23.1 Å². The molecule has 1 fully saturated rings. The van der Waals surface area contributed by atoms with Crippen LogP contribution in [0.1, 0.15) is 12.8 Å². The van der Waals surface area contributed by atoms with E-state index in [1.54, 1.807) is 0 Å². The van der Waals surface area contributed by atoms with E-state index < -0.39 is 9.05 Å². The van der Waals surface area contributed by atoms with E-state index >= 15 is 0 Å². The Morgan fingerprint density at radius 1 is 1.35 bits per heavy atom. The van der Waals surface area contributed by atoms with Crippen molar-refractivity contribution >= 4 is 42.9 Å². The normalized spacial score (nSPS) is 15.6. The number of nitrogens with one attached hydrogen (secondary N) is 1. The second-order valence-electron chi connectivity index (χ2n) is 3.85. The highest BCUT2D eigenvalue weighted by molar-refractivity contribution is 8.13. The molecule has 0 atom stereocenters. The summed E-state index contributed by atoms with van der Waals surface area (Å²) >= 11 is 5.78. The van der Waals surface area contributed by atoms with Crippen molar-refractivity contribution in [2.75, 3.05) is 5.32 Å². The SMILES string of the molecule is O=C(Nc1ccc(S(=O)(=O)Cl)c(Cl)c1)C1CC1. The molecule has 4 nitrogen and oxygen atoms in total. The van der Waals surface area contributed by atoms with Crippen molar-refractivity contribution in [3.63, 3.8) is 0 Å². The van der Waals surface area contributed by atoms with Crippen molar-refractivity contribution < 1.29 is 13.2 Å². The topological polar surface area (TPSA) is 63.2 Å². The van der Waals surface area contributed by atoms with Crippen molar-refractivity contribution in [2.24, 2.45) is 5.92 Å². The van der Waals surface area contributed by atoms with E-state index in [4.69, 9.17) is 22.3 Å². The van der Waals surface area contributed by atoms with Crippen LogP contribution >= 0.6 is 22.3 Å². The molecule has 0 aliphatic heterocycles. The van der Waals surface area contributed by atoms with Crippen LogP contribution in [0, 0.1) is 5.92 Å². The average molecular weight is 294 g/mol. The van der Waals surface area contributed by atoms with E-state index in [1.165, 1.54) is 18.2 Å². The van der Waals surface area contributed by atoms with Gasteiger partial charge in [0.25, 0.3) is 9.05 Å². The predicted molar refractivity (Wildman–Crippen MR) is 65.8 cm³/mol. The fraction of sp³-hybridized carbons (Fsp3) is 0.300. The lowest BCUT2D eigenvalue weighted by atomic mass is 10.3. The number of amides is 1. The minimum absolute atomic E-state index is 0.00593. The first-order valence-electron chi connectivity index (χ1n) is 4.93. The summed E-state index contributed by atoms with van der Waals surface area (Å²) in [5.41, 5.74) is 0.468. The highest BCUT2D eigenvalue weighted by Gasteiger charge is 2.29. The maximum atomic E-state index is 11.5. The van der Waals surface area contributed by atoms with Crippen LogP contribution in [0.4, 0.5) is 5.69 Å². The lowest BCUT2D eigenvalue weighted by Crippen LogP contribution is -2.13. The third kappa shape index (κ3) is 3.12. The molecule has 1 aromatic carbocycles. The molecule has 17 heavy (non-hydrogen) atoms. The highest BCUT2D eigenvalue weighted by Crippen LogP contribution is 2.31. The third-order valence-electron chi connectivity index (χ3n) is 2.41. The van der Waals surface area contributed by atoms with Gasteiger partial charge in [0.2, 0.25) is 5.91 Å². The van der Waals surface area contributed by atoms with Crippen LogP contribution in [-0.2, 0) is 13.8 Å². The maximum absolute atomic E-state index is 11.5. The summed E-state index contributed by atoms with van der Waals surface area (Å²) in [6.07, 6.45) is 1.79. The Morgan fingerprint density at radius 2 is 2.00 bits per heavy atom. The van der Waals surface area contributed by atoms with Gasteiger partial charge in [-0.25, -0.2) is 8.42 Å². The summed E-state index contributed by atoms with van der Waals surface area (Å²) in [6, 6.07) is 4.10. The van der Waals surface area contributed by atoms with E-state index in [0.29, 0.717) is 5.69 Å². The molecule has 0 bridgehead atoms. The third-order valence-corrected chi connectivity index (χ3v) is 4.22. The maximum Gasteiger partial charge on any atom is 0.262 e. The summed E-state index contributed by atoms with van der Waals surface area (Å²) in [5.74, 6) is 0.00718. The van der Waals surface area contributed by atoms with Crippen molar-refractivity contribution in [3.05, 3.63) is 23.2 Å². The summed E-state index contributed by atoms with van der Waals surface area (Å²) in [7, 11) is 1.33. The van der Waals surface area contributed by atoms with Crippen molar-refractivity contribution in [1.29, 1.82) is 0 Å². The summed E-state index contributed by atoms with van der Waals surface area (Å²) in [4.78, 5) is 11.3. The van der Waals surface area contributed by atoms with Gasteiger partial charge in [0, 0.05) is 22.3 Å². The van der Waals surface area contributed by atoms with Crippen LogP contribution in [0.5, 0.6) is 0 Å². The first-order valence-corrected chi connectivity index (χ1v) is 7.62. The number of rotatable bonds is 3. The van der Waals surface area contributed by atoms with Gasteiger partial charge in [0.1, 0.15) is 4.90 Å². The molecule has 1 saturated carbocycles. The lowest BCUT2D eigenvalue weighted by Gasteiger charge is -2.06. The Balaban J connectivity index is 2.21. The van der Waals surface area contributed by atoms with Gasteiger partial charge in [0.15, 0.2) is 0 Å². The Kier molecular flexibility index (Phi) is 3.34. The summed E-state index contributed by atoms with van der Waals surface area (Å²) in [6.45, 7) is 0. The van der Waals surface area contributed by atoms with Gasteiger partial charge in [-0.15, -0.1) is 0 Å². The van der Waals surface area contributed by atoms with Gasteiger partial charge in [-0.05, 0) is 31.0 Å². The standard InChI is InChI=1S/C10H9Cl2NO3S/c11-8-5-7(13-10(14)6-1-2-6)3-4-9(8)17(12,15)16/h3-6H,1-2H2,(H,13,14). The zero-order valence-corrected chi connectivity index (χ0v) is 10.9. The number of hydrogen-bond donors (Lipinski definition) is 1. The highest BCUT2D eigenvalue weighted by atomic mass is 35.7. The number of anilines is 1. The van der Waals surface area contributed by atoms with E-state index in [9.17, 15) is 13.2 Å². The van der Waals surface area contributed by atoms with Gasteiger partial charge >= 0.3 is 0 Å². The number of hydrogen-bond acceptors (Lipinski definition) is 3. The molecular weight excluding hydrogens is 285 g/mol. The Labute approximate surface area is 108 Å². The van der Waals surface area contributed by atoms with Gasteiger partial charge in [0.05, 0.1) is 5.02 Å². The molecule has 0 spiro atoms. The quantitative estimate of drug-likeness (QED) is 0.872. The van der Waals surface area contributed by atoms with Gasteiger partial charge in [-0.2, -0.15) is 0 Å². The van der Waals surface area contributed by atoms with Crippen molar-refractivity contribution in [2.45, 2.75) is 17.7 Å². The molecular formula is C10H9Cl2NO3S. The summed E-state index contributed by atoms with van der Waals surface area (Å²) < 4.78 is 22.2. The fourth-order valence-corrected chi connectivity index (χ4v) is 2.90. The van der Waals surface area contributed by atoms with Crippen LogP contribution in [0.3, 0.4) is 0 Å². The smallest absolute Gasteiger partial charge is 0.262 e. The molecule has 0 unspecified atom stereocenters. The first-order chi connectivity index (χ1) is 7.88. The molecule has 1 aliphatic carbocycles. The molecule has 1 amide bonds. The molecule has 0 saturated heterocycles. The first kappa shape index (κ1) is 12.7. The minimum atomic E-state index is -3.86. The van der Waals surface area contributed by atoms with Gasteiger partial charge < -0.3 is 5.32 Å². The van der Waals surface area contributed by atoms with Crippen LogP contribution in [-0.4, -0.2) is 14.3 Å². The van der Waals surface area contributed by atoms with Crippen molar-refractivity contribution in [3.8, 4) is 0 Å². The lowest BCUT2D eigenvalue weighted by molar-refractivity contribution is -0.117. The van der Waals surface area contributed by atoms with Crippen molar-refractivity contribution in [1.82, 2.24) is 0 Å². The monoisotopic (exact) mass is 293 g/mol. The molecule has 0 aromatic heterocycles. The molecule has 7 heteroatoms. The van der Waals surface area contributed by atoms with E-state index in [-0.39, 0.29) is 21.7 Å². The van der Waals surface area contributed by atoms with Gasteiger partial charge in [-0.3, -0.25) is 4.79 Å². The second-order valence-corrected chi connectivity index (χ2v) is 6.79. The van der Waals surface area contributed by atoms with E-state index in [1.807, 2.05) is 0 Å².